The highest BCUT2D eigenvalue weighted by molar-refractivity contribution is 7.09. The summed E-state index contributed by atoms with van der Waals surface area (Å²) in [5.74, 6) is 0.912. The largest absolute Gasteiger partial charge is 0.394 e. The highest BCUT2D eigenvalue weighted by Gasteiger charge is 2.08. The first-order valence-corrected chi connectivity index (χ1v) is 5.99. The van der Waals surface area contributed by atoms with Gasteiger partial charge in [0.15, 0.2) is 0 Å². The fourth-order valence-corrected chi connectivity index (χ4v) is 2.23. The van der Waals surface area contributed by atoms with Gasteiger partial charge in [-0.05, 0) is 11.4 Å². The van der Waals surface area contributed by atoms with Crippen LogP contribution in [0.5, 0.6) is 0 Å². The number of nitrogens with zero attached hydrogens (tertiary/aromatic N) is 2. The Labute approximate surface area is 97.8 Å². The van der Waals surface area contributed by atoms with Crippen LogP contribution in [0.25, 0.3) is 0 Å². The molecular weight excluding hydrogens is 224 g/mol. The van der Waals surface area contributed by atoms with E-state index in [0.717, 1.165) is 12.2 Å². The third-order valence-electron chi connectivity index (χ3n) is 2.33. The molecule has 0 radical (unpaired) electrons. The lowest BCUT2D eigenvalue weighted by Crippen LogP contribution is -2.20. The predicted molar refractivity (Wildman–Crippen MR) is 62.4 cm³/mol. The summed E-state index contributed by atoms with van der Waals surface area (Å²) in [6.45, 7) is 0.161. The van der Waals surface area contributed by atoms with Crippen LogP contribution in [0, 0.1) is 0 Å². The van der Waals surface area contributed by atoms with Crippen LogP contribution in [0.1, 0.15) is 10.7 Å². The predicted octanol–water partition coefficient (Wildman–Crippen LogP) is 0.889. The lowest BCUT2D eigenvalue weighted by Gasteiger charge is -2.10. The number of hydrogen-bond acceptors (Lipinski definition) is 4. The maximum absolute atomic E-state index is 9.38. The molecule has 2 N–H and O–H groups in total. The van der Waals surface area contributed by atoms with E-state index in [1.807, 2.05) is 22.2 Å². The van der Waals surface area contributed by atoms with E-state index in [4.69, 9.17) is 5.11 Å². The van der Waals surface area contributed by atoms with Gasteiger partial charge in [0.25, 0.3) is 0 Å². The summed E-state index contributed by atoms with van der Waals surface area (Å²) in [6, 6.07) is 4.07. The average molecular weight is 238 g/mol. The zero-order chi connectivity index (χ0) is 11.4. The molecule has 0 bridgehead atoms. The SMILES string of the molecule is OCC(O)Cn1ccnc1Cc1cccs1. The van der Waals surface area contributed by atoms with E-state index in [9.17, 15) is 5.11 Å². The first-order chi connectivity index (χ1) is 7.79. The number of hydrogen-bond donors (Lipinski definition) is 2. The van der Waals surface area contributed by atoms with Crippen molar-refractivity contribution in [3.8, 4) is 0 Å². The van der Waals surface area contributed by atoms with Crippen molar-refractivity contribution >= 4 is 11.3 Å². The first kappa shape index (κ1) is 11.3. The number of aliphatic hydroxyl groups is 2. The highest BCUT2D eigenvalue weighted by atomic mass is 32.1. The Morgan fingerprint density at radius 2 is 2.38 bits per heavy atom. The van der Waals surface area contributed by atoms with Crippen molar-refractivity contribution in [2.75, 3.05) is 6.61 Å². The average Bonchev–Trinajstić information content (AvgIpc) is 2.92. The number of aliphatic hydroxyl groups excluding tert-OH is 2. The zero-order valence-corrected chi connectivity index (χ0v) is 9.60. The van der Waals surface area contributed by atoms with Crippen molar-refractivity contribution in [3.63, 3.8) is 0 Å². The van der Waals surface area contributed by atoms with E-state index < -0.39 is 6.10 Å². The molecule has 2 aromatic heterocycles. The molecule has 0 saturated heterocycles. The van der Waals surface area contributed by atoms with Gasteiger partial charge in [-0.2, -0.15) is 0 Å². The minimum Gasteiger partial charge on any atom is -0.394 e. The van der Waals surface area contributed by atoms with Crippen molar-refractivity contribution in [2.45, 2.75) is 19.1 Å². The summed E-state index contributed by atoms with van der Waals surface area (Å²) in [6.07, 6.45) is 3.58. The quantitative estimate of drug-likeness (QED) is 0.813. The Kier molecular flexibility index (Phi) is 3.71. The normalized spacial score (nSPS) is 12.9. The molecule has 0 aliphatic rings. The minimum atomic E-state index is -0.726. The van der Waals surface area contributed by atoms with Crippen molar-refractivity contribution < 1.29 is 10.2 Å². The standard InChI is InChI=1S/C11H14N2O2S/c14-8-9(15)7-13-4-3-12-11(13)6-10-2-1-5-16-10/h1-5,9,14-15H,6-8H2. The second-order valence-corrected chi connectivity index (χ2v) is 4.62. The maximum Gasteiger partial charge on any atom is 0.113 e. The minimum absolute atomic E-state index is 0.226. The van der Waals surface area contributed by atoms with Gasteiger partial charge in [0.1, 0.15) is 5.82 Å². The molecule has 0 fully saturated rings. The van der Waals surface area contributed by atoms with E-state index in [1.54, 1.807) is 17.5 Å². The number of imidazole rings is 1. The van der Waals surface area contributed by atoms with E-state index in [0.29, 0.717) is 6.54 Å². The van der Waals surface area contributed by atoms with Crippen molar-refractivity contribution in [3.05, 3.63) is 40.6 Å². The van der Waals surface area contributed by atoms with E-state index in [1.165, 1.54) is 4.88 Å². The van der Waals surface area contributed by atoms with Gasteiger partial charge < -0.3 is 14.8 Å². The Hall–Kier alpha value is -1.17. The molecule has 16 heavy (non-hydrogen) atoms. The first-order valence-electron chi connectivity index (χ1n) is 5.11. The number of aromatic nitrogens is 2. The summed E-state index contributed by atoms with van der Waals surface area (Å²) in [7, 11) is 0. The lowest BCUT2D eigenvalue weighted by atomic mass is 10.3. The van der Waals surface area contributed by atoms with Crippen molar-refractivity contribution in [1.29, 1.82) is 0 Å². The molecule has 4 nitrogen and oxygen atoms in total. The monoisotopic (exact) mass is 238 g/mol. The van der Waals surface area contributed by atoms with Crippen LogP contribution in [-0.2, 0) is 13.0 Å². The van der Waals surface area contributed by atoms with Gasteiger partial charge in [-0.15, -0.1) is 11.3 Å². The Bertz CT molecular complexity index is 425. The molecule has 5 heteroatoms. The molecule has 0 amide bonds. The Balaban J connectivity index is 2.07. The summed E-state index contributed by atoms with van der Waals surface area (Å²) in [4.78, 5) is 5.50. The van der Waals surface area contributed by atoms with Gasteiger partial charge in [0.2, 0.25) is 0 Å². The van der Waals surface area contributed by atoms with Crippen LogP contribution < -0.4 is 0 Å². The fourth-order valence-electron chi connectivity index (χ4n) is 1.53. The highest BCUT2D eigenvalue weighted by Crippen LogP contribution is 2.13. The molecule has 2 rings (SSSR count). The van der Waals surface area contributed by atoms with Crippen LogP contribution in [0.15, 0.2) is 29.9 Å². The molecule has 0 saturated carbocycles. The molecule has 86 valence electrons. The van der Waals surface area contributed by atoms with E-state index in [2.05, 4.69) is 11.1 Å². The summed E-state index contributed by atoms with van der Waals surface area (Å²) in [5.41, 5.74) is 0. The lowest BCUT2D eigenvalue weighted by molar-refractivity contribution is 0.0806. The van der Waals surface area contributed by atoms with Crippen molar-refractivity contribution in [2.24, 2.45) is 0 Å². The van der Waals surface area contributed by atoms with Gasteiger partial charge in [0, 0.05) is 23.7 Å². The smallest absolute Gasteiger partial charge is 0.113 e. The van der Waals surface area contributed by atoms with Crippen molar-refractivity contribution in [1.82, 2.24) is 9.55 Å². The molecule has 0 aliphatic heterocycles. The van der Waals surface area contributed by atoms with Crippen LogP contribution >= 0.6 is 11.3 Å². The van der Waals surface area contributed by atoms with Gasteiger partial charge in [-0.25, -0.2) is 4.98 Å². The van der Waals surface area contributed by atoms with E-state index in [-0.39, 0.29) is 6.61 Å². The maximum atomic E-state index is 9.38. The molecule has 0 aliphatic carbocycles. The fraction of sp³-hybridized carbons (Fsp3) is 0.364. The molecule has 1 unspecified atom stereocenters. The van der Waals surface area contributed by atoms with Crippen LogP contribution in [-0.4, -0.2) is 32.5 Å². The van der Waals surface area contributed by atoms with Gasteiger partial charge >= 0.3 is 0 Å². The van der Waals surface area contributed by atoms with Gasteiger partial charge in [-0.3, -0.25) is 0 Å². The third-order valence-corrected chi connectivity index (χ3v) is 3.21. The van der Waals surface area contributed by atoms with Gasteiger partial charge in [0.05, 0.1) is 19.3 Å². The number of rotatable bonds is 5. The number of thiophene rings is 1. The Morgan fingerprint density at radius 3 is 3.06 bits per heavy atom. The third kappa shape index (κ3) is 2.69. The molecule has 0 aromatic carbocycles. The van der Waals surface area contributed by atoms with Crippen LogP contribution in [0.2, 0.25) is 0 Å². The summed E-state index contributed by atoms with van der Waals surface area (Å²) >= 11 is 1.69. The Morgan fingerprint density at radius 1 is 1.50 bits per heavy atom. The molecular formula is C11H14N2O2S. The second kappa shape index (κ2) is 5.25. The zero-order valence-electron chi connectivity index (χ0n) is 8.78. The summed E-state index contributed by atoms with van der Waals surface area (Å²) < 4.78 is 1.88. The molecule has 2 aromatic rings. The van der Waals surface area contributed by atoms with Gasteiger partial charge in [-0.1, -0.05) is 6.07 Å². The van der Waals surface area contributed by atoms with Crippen LogP contribution in [0.3, 0.4) is 0 Å². The topological polar surface area (TPSA) is 58.3 Å². The summed E-state index contributed by atoms with van der Waals surface area (Å²) in [5, 5.41) is 20.2. The second-order valence-electron chi connectivity index (χ2n) is 3.59. The molecule has 1 atom stereocenters. The van der Waals surface area contributed by atoms with Crippen LogP contribution in [0.4, 0.5) is 0 Å². The molecule has 0 spiro atoms. The molecule has 2 heterocycles. The van der Waals surface area contributed by atoms with E-state index >= 15 is 0 Å².